The van der Waals surface area contributed by atoms with Gasteiger partial charge in [0.05, 0.1) is 25.9 Å². The molecule has 7 nitrogen and oxygen atoms in total. The first-order chi connectivity index (χ1) is 12.5. The molecule has 0 atom stereocenters. The van der Waals surface area contributed by atoms with Crippen molar-refractivity contribution in [1.82, 2.24) is 15.1 Å². The second-order valence-corrected chi connectivity index (χ2v) is 6.08. The summed E-state index contributed by atoms with van der Waals surface area (Å²) in [6.45, 7) is 5.45. The van der Waals surface area contributed by atoms with Crippen molar-refractivity contribution in [3.8, 4) is 0 Å². The van der Waals surface area contributed by atoms with Crippen LogP contribution < -0.4 is 10.9 Å². The van der Waals surface area contributed by atoms with Crippen LogP contribution in [-0.2, 0) is 29.2 Å². The van der Waals surface area contributed by atoms with Gasteiger partial charge in [0.1, 0.15) is 5.69 Å². The molecule has 140 valence electrons. The van der Waals surface area contributed by atoms with E-state index in [0.29, 0.717) is 26.3 Å². The Morgan fingerprint density at radius 2 is 1.92 bits per heavy atom. The van der Waals surface area contributed by atoms with E-state index in [-0.39, 0.29) is 23.3 Å². The molecule has 1 N–H and O–H groups in total. The van der Waals surface area contributed by atoms with Crippen molar-refractivity contribution in [2.24, 2.45) is 0 Å². The summed E-state index contributed by atoms with van der Waals surface area (Å²) in [7, 11) is 1.54. The van der Waals surface area contributed by atoms with Crippen LogP contribution in [0.3, 0.4) is 0 Å². The van der Waals surface area contributed by atoms with E-state index in [0.717, 1.165) is 11.1 Å². The second-order valence-electron chi connectivity index (χ2n) is 6.08. The van der Waals surface area contributed by atoms with Crippen LogP contribution in [0.25, 0.3) is 0 Å². The molecule has 0 aliphatic heterocycles. The van der Waals surface area contributed by atoms with Crippen molar-refractivity contribution in [2.45, 2.75) is 39.6 Å². The number of nitrogens with one attached hydrogen (secondary N) is 1. The molecule has 0 saturated heterocycles. The number of carbonyl (C=O) groups is 1. The van der Waals surface area contributed by atoms with Gasteiger partial charge in [-0.05, 0) is 31.0 Å². The molecule has 0 radical (unpaired) electrons. The molecule has 0 aliphatic rings. The predicted octanol–water partition coefficient (Wildman–Crippen LogP) is 1.74. The molecule has 1 aromatic carbocycles. The molecule has 1 heterocycles. The number of hydrogen-bond donors (Lipinski definition) is 1. The molecule has 1 aromatic heterocycles. The van der Waals surface area contributed by atoms with Crippen LogP contribution in [0.15, 0.2) is 41.2 Å². The molecule has 7 heteroatoms. The van der Waals surface area contributed by atoms with Crippen LogP contribution in [0.2, 0.25) is 0 Å². The fraction of sp³-hybridized carbons (Fsp3) is 0.421. The normalized spacial score (nSPS) is 10.9. The Hall–Kier alpha value is -2.51. The first kappa shape index (κ1) is 19.8. The lowest BCUT2D eigenvalue weighted by Gasteiger charge is -2.13. The lowest BCUT2D eigenvalue weighted by molar-refractivity contribution is 0.0651. The van der Waals surface area contributed by atoms with Crippen molar-refractivity contribution in [3.05, 3.63) is 63.6 Å². The number of ether oxygens (including phenoxy) is 2. The Labute approximate surface area is 152 Å². The van der Waals surface area contributed by atoms with Crippen LogP contribution in [0.1, 0.15) is 35.5 Å². The lowest BCUT2D eigenvalue weighted by atomic mass is 10.1. The molecule has 1 amide bonds. The Kier molecular flexibility index (Phi) is 7.50. The summed E-state index contributed by atoms with van der Waals surface area (Å²) < 4.78 is 11.8. The van der Waals surface area contributed by atoms with Crippen molar-refractivity contribution in [3.63, 3.8) is 0 Å². The summed E-state index contributed by atoms with van der Waals surface area (Å²) in [5.74, 6) is -0.337. The van der Waals surface area contributed by atoms with Gasteiger partial charge in [-0.3, -0.25) is 9.59 Å². The van der Waals surface area contributed by atoms with E-state index >= 15 is 0 Å². The molecular weight excluding hydrogens is 334 g/mol. The van der Waals surface area contributed by atoms with Gasteiger partial charge in [-0.1, -0.05) is 24.3 Å². The van der Waals surface area contributed by atoms with Gasteiger partial charge in [0.25, 0.3) is 11.5 Å². The minimum absolute atomic E-state index is 0.134. The average molecular weight is 359 g/mol. The van der Waals surface area contributed by atoms with E-state index in [1.54, 1.807) is 7.11 Å². The summed E-state index contributed by atoms with van der Waals surface area (Å²) in [6.07, 6.45) is 0.134. The first-order valence-electron chi connectivity index (χ1n) is 8.55. The quantitative estimate of drug-likeness (QED) is 0.737. The molecule has 2 aromatic rings. The summed E-state index contributed by atoms with van der Waals surface area (Å²) >= 11 is 0. The summed E-state index contributed by atoms with van der Waals surface area (Å²) in [6, 6.07) is 10.6. The third kappa shape index (κ3) is 5.79. The zero-order valence-electron chi connectivity index (χ0n) is 15.4. The Morgan fingerprint density at radius 3 is 2.62 bits per heavy atom. The highest BCUT2D eigenvalue weighted by atomic mass is 16.5. The van der Waals surface area contributed by atoms with E-state index in [4.69, 9.17) is 9.47 Å². The molecule has 0 fully saturated rings. The zero-order valence-corrected chi connectivity index (χ0v) is 15.4. The maximum atomic E-state index is 12.4. The number of benzene rings is 1. The van der Waals surface area contributed by atoms with Gasteiger partial charge in [-0.25, -0.2) is 4.68 Å². The number of methoxy groups -OCH3 is 1. The number of nitrogens with zero attached hydrogens (tertiary/aromatic N) is 2. The van der Waals surface area contributed by atoms with E-state index in [1.165, 1.54) is 16.8 Å². The van der Waals surface area contributed by atoms with Crippen LogP contribution in [0.4, 0.5) is 0 Å². The van der Waals surface area contributed by atoms with Crippen molar-refractivity contribution < 1.29 is 14.3 Å². The van der Waals surface area contributed by atoms with Crippen molar-refractivity contribution >= 4 is 5.91 Å². The standard InChI is InChI=1S/C19H25N3O4/c1-14(2)26-13-16-7-5-4-6-15(16)12-20-19(24)17-8-9-18(23)22(21-17)10-11-25-3/h4-9,14H,10-13H2,1-3H3,(H,20,24). The molecule has 2 rings (SSSR count). The number of hydrogen-bond acceptors (Lipinski definition) is 5. The van der Waals surface area contributed by atoms with E-state index < -0.39 is 0 Å². The van der Waals surface area contributed by atoms with Crippen LogP contribution >= 0.6 is 0 Å². The molecule has 26 heavy (non-hydrogen) atoms. The van der Waals surface area contributed by atoms with Gasteiger partial charge >= 0.3 is 0 Å². The Bertz CT molecular complexity index is 786. The SMILES string of the molecule is COCCn1nc(C(=O)NCc2ccccc2COC(C)C)ccc1=O. The Balaban J connectivity index is 2.04. The monoisotopic (exact) mass is 359 g/mol. The highest BCUT2D eigenvalue weighted by Crippen LogP contribution is 2.11. The van der Waals surface area contributed by atoms with Gasteiger partial charge in [0.2, 0.25) is 0 Å². The minimum Gasteiger partial charge on any atom is -0.383 e. The number of aromatic nitrogens is 2. The third-order valence-electron chi connectivity index (χ3n) is 3.74. The number of carbonyl (C=O) groups excluding carboxylic acids is 1. The van der Waals surface area contributed by atoms with Crippen molar-refractivity contribution in [1.29, 1.82) is 0 Å². The first-order valence-corrected chi connectivity index (χ1v) is 8.55. The average Bonchev–Trinajstić information content (AvgIpc) is 2.64. The predicted molar refractivity (Wildman–Crippen MR) is 97.9 cm³/mol. The van der Waals surface area contributed by atoms with Crippen LogP contribution in [-0.4, -0.2) is 35.5 Å². The van der Waals surface area contributed by atoms with Crippen molar-refractivity contribution in [2.75, 3.05) is 13.7 Å². The summed E-state index contributed by atoms with van der Waals surface area (Å²) in [4.78, 5) is 24.1. The smallest absolute Gasteiger partial charge is 0.271 e. The van der Waals surface area contributed by atoms with Crippen LogP contribution in [0, 0.1) is 0 Å². The molecule has 0 spiro atoms. The fourth-order valence-corrected chi connectivity index (χ4v) is 2.30. The summed E-state index contributed by atoms with van der Waals surface area (Å²) in [5, 5.41) is 6.93. The van der Waals surface area contributed by atoms with E-state index in [2.05, 4.69) is 10.4 Å². The second kappa shape index (κ2) is 9.84. The maximum absolute atomic E-state index is 12.4. The van der Waals surface area contributed by atoms with E-state index in [1.807, 2.05) is 38.1 Å². The largest absolute Gasteiger partial charge is 0.383 e. The maximum Gasteiger partial charge on any atom is 0.271 e. The highest BCUT2D eigenvalue weighted by molar-refractivity contribution is 5.91. The fourth-order valence-electron chi connectivity index (χ4n) is 2.30. The number of amides is 1. The highest BCUT2D eigenvalue weighted by Gasteiger charge is 2.11. The van der Waals surface area contributed by atoms with E-state index in [9.17, 15) is 9.59 Å². The Morgan fingerprint density at radius 1 is 1.19 bits per heavy atom. The lowest BCUT2D eigenvalue weighted by Crippen LogP contribution is -2.30. The minimum atomic E-state index is -0.337. The summed E-state index contributed by atoms with van der Waals surface area (Å²) in [5.41, 5.74) is 1.93. The van der Waals surface area contributed by atoms with Gasteiger partial charge in [-0.2, -0.15) is 5.10 Å². The van der Waals surface area contributed by atoms with Gasteiger partial charge in [0.15, 0.2) is 0 Å². The molecular formula is C19H25N3O4. The third-order valence-corrected chi connectivity index (χ3v) is 3.74. The molecule has 0 bridgehead atoms. The van der Waals surface area contributed by atoms with Crippen LogP contribution in [0.5, 0.6) is 0 Å². The topological polar surface area (TPSA) is 82.5 Å². The number of rotatable bonds is 9. The van der Waals surface area contributed by atoms with Gasteiger partial charge in [0, 0.05) is 19.7 Å². The zero-order chi connectivity index (χ0) is 18.9. The molecule has 0 aliphatic carbocycles. The molecule has 0 saturated carbocycles. The van der Waals surface area contributed by atoms with Gasteiger partial charge in [-0.15, -0.1) is 0 Å². The van der Waals surface area contributed by atoms with Gasteiger partial charge < -0.3 is 14.8 Å². The molecule has 0 unspecified atom stereocenters.